The van der Waals surface area contributed by atoms with Gasteiger partial charge in [-0.2, -0.15) is 5.26 Å². The molecule has 0 radical (unpaired) electrons. The lowest BCUT2D eigenvalue weighted by Crippen LogP contribution is -2.31. The Labute approximate surface area is 75.5 Å². The molecule has 0 aromatic heterocycles. The topological polar surface area (TPSA) is 27.0 Å². The summed E-state index contributed by atoms with van der Waals surface area (Å²) in [6.45, 7) is 9.76. The molecule has 0 N–H and O–H groups in total. The van der Waals surface area contributed by atoms with Gasteiger partial charge < -0.3 is 0 Å². The van der Waals surface area contributed by atoms with Gasteiger partial charge in [-0.1, -0.05) is 11.6 Å². The molecule has 0 aromatic rings. The highest BCUT2D eigenvalue weighted by Crippen LogP contribution is 1.98. The van der Waals surface area contributed by atoms with E-state index in [2.05, 4.69) is 44.7 Å². The SMILES string of the molecule is CC(C)=CCN(CC#N)C(C)C. The zero-order chi connectivity index (χ0) is 9.56. The van der Waals surface area contributed by atoms with Crippen LogP contribution in [0.4, 0.5) is 0 Å². The van der Waals surface area contributed by atoms with E-state index in [0.29, 0.717) is 12.6 Å². The maximum atomic E-state index is 8.54. The third-order valence-corrected chi connectivity index (χ3v) is 1.74. The standard InChI is InChI=1S/C10H18N2/c1-9(2)5-7-12(8-6-11)10(3)4/h5,10H,7-8H2,1-4H3. The van der Waals surface area contributed by atoms with Crippen molar-refractivity contribution in [1.82, 2.24) is 4.90 Å². The first-order valence-electron chi connectivity index (χ1n) is 4.32. The number of nitrogens with zero attached hydrogens (tertiary/aromatic N) is 2. The molecule has 2 nitrogen and oxygen atoms in total. The molecule has 0 spiro atoms. The van der Waals surface area contributed by atoms with Crippen LogP contribution in [0.3, 0.4) is 0 Å². The van der Waals surface area contributed by atoms with Crippen molar-refractivity contribution in [2.24, 2.45) is 0 Å². The fourth-order valence-corrected chi connectivity index (χ4v) is 0.849. The van der Waals surface area contributed by atoms with E-state index in [1.165, 1.54) is 5.57 Å². The summed E-state index contributed by atoms with van der Waals surface area (Å²) < 4.78 is 0. The van der Waals surface area contributed by atoms with Crippen LogP contribution < -0.4 is 0 Å². The number of hydrogen-bond acceptors (Lipinski definition) is 2. The van der Waals surface area contributed by atoms with E-state index < -0.39 is 0 Å². The third kappa shape index (κ3) is 4.92. The molecule has 0 unspecified atom stereocenters. The molecule has 12 heavy (non-hydrogen) atoms. The molecule has 0 amide bonds. The van der Waals surface area contributed by atoms with Gasteiger partial charge in [-0.15, -0.1) is 0 Å². The van der Waals surface area contributed by atoms with Crippen LogP contribution in [-0.4, -0.2) is 24.0 Å². The van der Waals surface area contributed by atoms with Crippen LogP contribution in [0, 0.1) is 11.3 Å². The fourth-order valence-electron chi connectivity index (χ4n) is 0.849. The van der Waals surface area contributed by atoms with Crippen LogP contribution >= 0.6 is 0 Å². The largest absolute Gasteiger partial charge is 0.284 e. The average molecular weight is 166 g/mol. The predicted octanol–water partition coefficient (Wildman–Crippen LogP) is 2.19. The Bertz CT molecular complexity index is 183. The summed E-state index contributed by atoms with van der Waals surface area (Å²) in [7, 11) is 0. The molecule has 0 bridgehead atoms. The second kappa shape index (κ2) is 5.79. The zero-order valence-corrected chi connectivity index (χ0v) is 8.46. The molecule has 0 fully saturated rings. The molecule has 0 aliphatic carbocycles. The summed E-state index contributed by atoms with van der Waals surface area (Å²) in [5.41, 5.74) is 1.30. The van der Waals surface area contributed by atoms with Gasteiger partial charge in [0.05, 0.1) is 12.6 Å². The third-order valence-electron chi connectivity index (χ3n) is 1.74. The molecule has 0 aliphatic heterocycles. The molecule has 0 rings (SSSR count). The number of allylic oxidation sites excluding steroid dienone is 1. The molecule has 0 aromatic carbocycles. The minimum atomic E-state index is 0.445. The zero-order valence-electron chi connectivity index (χ0n) is 8.46. The van der Waals surface area contributed by atoms with E-state index in [1.807, 2.05) is 0 Å². The van der Waals surface area contributed by atoms with Crippen molar-refractivity contribution in [3.05, 3.63) is 11.6 Å². The Balaban J connectivity index is 3.98. The van der Waals surface area contributed by atoms with Gasteiger partial charge in [-0.3, -0.25) is 4.90 Å². The highest BCUT2D eigenvalue weighted by molar-refractivity contribution is 4.96. The second-order valence-corrected chi connectivity index (χ2v) is 3.46. The van der Waals surface area contributed by atoms with Crippen molar-refractivity contribution in [2.45, 2.75) is 33.7 Å². The Morgan fingerprint density at radius 3 is 2.42 bits per heavy atom. The van der Waals surface area contributed by atoms with E-state index >= 15 is 0 Å². The quantitative estimate of drug-likeness (QED) is 0.473. The summed E-state index contributed by atoms with van der Waals surface area (Å²) in [5.74, 6) is 0. The lowest BCUT2D eigenvalue weighted by molar-refractivity contribution is 0.275. The summed E-state index contributed by atoms with van der Waals surface area (Å²) in [6, 6.07) is 2.61. The maximum Gasteiger partial charge on any atom is 0.0870 e. The molecule has 0 heterocycles. The number of rotatable bonds is 4. The summed E-state index contributed by atoms with van der Waals surface area (Å²) >= 11 is 0. The van der Waals surface area contributed by atoms with Gasteiger partial charge in [0.15, 0.2) is 0 Å². The van der Waals surface area contributed by atoms with Crippen molar-refractivity contribution < 1.29 is 0 Å². The van der Waals surface area contributed by atoms with Crippen molar-refractivity contribution in [1.29, 1.82) is 5.26 Å². The summed E-state index contributed by atoms with van der Waals surface area (Å²) in [5, 5.41) is 8.54. The monoisotopic (exact) mass is 166 g/mol. The normalized spacial score (nSPS) is 10.1. The van der Waals surface area contributed by atoms with Gasteiger partial charge >= 0.3 is 0 Å². The van der Waals surface area contributed by atoms with Gasteiger partial charge in [0.25, 0.3) is 0 Å². The average Bonchev–Trinajstić information content (AvgIpc) is 1.96. The lowest BCUT2D eigenvalue weighted by Gasteiger charge is -2.21. The Morgan fingerprint density at radius 1 is 1.50 bits per heavy atom. The van der Waals surface area contributed by atoms with Gasteiger partial charge in [0.2, 0.25) is 0 Å². The van der Waals surface area contributed by atoms with Crippen molar-refractivity contribution in [3.63, 3.8) is 0 Å². The molecular weight excluding hydrogens is 148 g/mol. The first kappa shape index (κ1) is 11.2. The number of nitriles is 1. The molecule has 0 saturated carbocycles. The fraction of sp³-hybridized carbons (Fsp3) is 0.700. The Kier molecular flexibility index (Phi) is 5.40. The van der Waals surface area contributed by atoms with Crippen molar-refractivity contribution in [3.8, 4) is 6.07 Å². The van der Waals surface area contributed by atoms with Crippen LogP contribution in [0.1, 0.15) is 27.7 Å². The van der Waals surface area contributed by atoms with Gasteiger partial charge in [0, 0.05) is 12.6 Å². The first-order chi connectivity index (χ1) is 5.57. The predicted molar refractivity (Wildman–Crippen MR) is 51.8 cm³/mol. The highest BCUT2D eigenvalue weighted by Gasteiger charge is 2.05. The van der Waals surface area contributed by atoms with Gasteiger partial charge in [-0.05, 0) is 27.7 Å². The van der Waals surface area contributed by atoms with E-state index in [-0.39, 0.29) is 0 Å². The Morgan fingerprint density at radius 2 is 2.08 bits per heavy atom. The molecular formula is C10H18N2. The van der Waals surface area contributed by atoms with Gasteiger partial charge in [-0.25, -0.2) is 0 Å². The van der Waals surface area contributed by atoms with E-state index in [0.717, 1.165) is 6.54 Å². The van der Waals surface area contributed by atoms with Crippen LogP contribution in [0.25, 0.3) is 0 Å². The first-order valence-corrected chi connectivity index (χ1v) is 4.32. The minimum Gasteiger partial charge on any atom is -0.284 e. The van der Waals surface area contributed by atoms with Gasteiger partial charge in [0.1, 0.15) is 0 Å². The van der Waals surface area contributed by atoms with Crippen LogP contribution in [0.5, 0.6) is 0 Å². The maximum absolute atomic E-state index is 8.54. The summed E-state index contributed by atoms with van der Waals surface area (Å²) in [4.78, 5) is 2.13. The molecule has 0 aliphatic rings. The van der Waals surface area contributed by atoms with Crippen molar-refractivity contribution >= 4 is 0 Å². The molecule has 2 heteroatoms. The summed E-state index contributed by atoms with van der Waals surface area (Å²) in [6.07, 6.45) is 2.15. The lowest BCUT2D eigenvalue weighted by atomic mass is 10.2. The second-order valence-electron chi connectivity index (χ2n) is 3.46. The molecule has 68 valence electrons. The minimum absolute atomic E-state index is 0.445. The highest BCUT2D eigenvalue weighted by atomic mass is 15.1. The van der Waals surface area contributed by atoms with E-state index in [4.69, 9.17) is 5.26 Å². The van der Waals surface area contributed by atoms with Crippen molar-refractivity contribution in [2.75, 3.05) is 13.1 Å². The number of hydrogen-bond donors (Lipinski definition) is 0. The molecule has 0 atom stereocenters. The molecule has 0 saturated heterocycles. The van der Waals surface area contributed by atoms with E-state index in [9.17, 15) is 0 Å². The van der Waals surface area contributed by atoms with E-state index in [1.54, 1.807) is 0 Å². The van der Waals surface area contributed by atoms with Crippen LogP contribution in [-0.2, 0) is 0 Å². The van der Waals surface area contributed by atoms with Crippen LogP contribution in [0.2, 0.25) is 0 Å². The smallest absolute Gasteiger partial charge is 0.0870 e. The van der Waals surface area contributed by atoms with Crippen LogP contribution in [0.15, 0.2) is 11.6 Å². The Hall–Kier alpha value is -0.810.